The topological polar surface area (TPSA) is 46.6 Å². The number of thiophene rings is 1. The summed E-state index contributed by atoms with van der Waals surface area (Å²) < 4.78 is 5.60. The molecule has 28 heavy (non-hydrogen) atoms. The molecule has 1 aliphatic heterocycles. The summed E-state index contributed by atoms with van der Waals surface area (Å²) in [5.74, 6) is -0.387. The molecule has 2 aromatic carbocycles. The minimum Gasteiger partial charge on any atom is -0.454 e. The van der Waals surface area contributed by atoms with Crippen molar-refractivity contribution >= 4 is 23.2 Å². The second kappa shape index (κ2) is 7.60. The van der Waals surface area contributed by atoms with Gasteiger partial charge < -0.3 is 9.64 Å². The molecule has 0 aliphatic carbocycles. The van der Waals surface area contributed by atoms with Crippen molar-refractivity contribution in [3.8, 4) is 0 Å². The molecule has 4 rings (SSSR count). The molecular weight excluding hydrogens is 370 g/mol. The van der Waals surface area contributed by atoms with Crippen molar-refractivity contribution in [3.05, 3.63) is 92.7 Å². The number of hydrogen-bond acceptors (Lipinski definition) is 4. The lowest BCUT2D eigenvalue weighted by Gasteiger charge is -2.26. The fourth-order valence-corrected chi connectivity index (χ4v) is 4.41. The number of benzene rings is 2. The van der Waals surface area contributed by atoms with E-state index in [9.17, 15) is 9.59 Å². The zero-order chi connectivity index (χ0) is 19.7. The smallest absolute Gasteiger partial charge is 0.339 e. The first-order chi connectivity index (χ1) is 13.5. The Morgan fingerprint density at radius 3 is 2.68 bits per heavy atom. The van der Waals surface area contributed by atoms with Gasteiger partial charge in [-0.1, -0.05) is 30.3 Å². The molecule has 1 amide bonds. The van der Waals surface area contributed by atoms with Crippen molar-refractivity contribution in [2.45, 2.75) is 26.0 Å². The predicted molar refractivity (Wildman–Crippen MR) is 110 cm³/mol. The number of ether oxygens (including phenoxy) is 1. The second-order valence-corrected chi connectivity index (χ2v) is 8.07. The maximum atomic E-state index is 12.9. The third kappa shape index (κ3) is 3.58. The molecule has 0 bridgehead atoms. The number of nitrogens with zero attached hydrogens (tertiary/aromatic N) is 1. The maximum absolute atomic E-state index is 12.9. The van der Waals surface area contributed by atoms with Crippen LogP contribution in [-0.2, 0) is 17.7 Å². The Morgan fingerprint density at radius 2 is 1.96 bits per heavy atom. The monoisotopic (exact) mass is 391 g/mol. The van der Waals surface area contributed by atoms with Crippen LogP contribution >= 0.6 is 11.3 Å². The van der Waals surface area contributed by atoms with Gasteiger partial charge in [-0.25, -0.2) is 4.79 Å². The summed E-state index contributed by atoms with van der Waals surface area (Å²) in [6, 6.07) is 17.0. The molecular formula is C23H21NO3S. The van der Waals surface area contributed by atoms with Crippen LogP contribution in [-0.4, -0.2) is 23.8 Å². The first kappa shape index (κ1) is 18.4. The Hall–Kier alpha value is -2.92. The summed E-state index contributed by atoms with van der Waals surface area (Å²) in [4.78, 5) is 28.2. The van der Waals surface area contributed by atoms with Gasteiger partial charge in [0.05, 0.1) is 12.1 Å². The Bertz CT molecular complexity index is 1030. The van der Waals surface area contributed by atoms with E-state index in [4.69, 9.17) is 4.74 Å². The van der Waals surface area contributed by atoms with E-state index in [-0.39, 0.29) is 18.0 Å². The molecule has 142 valence electrons. The highest BCUT2D eigenvalue weighted by Gasteiger charge is 2.28. The molecule has 0 spiro atoms. The van der Waals surface area contributed by atoms with E-state index in [1.165, 1.54) is 10.4 Å². The van der Waals surface area contributed by atoms with Crippen LogP contribution in [0, 0.1) is 6.92 Å². The zero-order valence-electron chi connectivity index (χ0n) is 15.8. The number of fused-ring (bicyclic) bond motifs is 1. The third-order valence-electron chi connectivity index (χ3n) is 5.09. The van der Waals surface area contributed by atoms with E-state index in [0.29, 0.717) is 24.1 Å². The SMILES string of the molecule is Cc1ccsc1CN(C)C(=O)c1ccc2c(c1)CC(c1ccccc1)OC2=O. The Morgan fingerprint density at radius 1 is 1.18 bits per heavy atom. The summed E-state index contributed by atoms with van der Waals surface area (Å²) in [6.07, 6.45) is 0.248. The molecule has 0 N–H and O–H groups in total. The van der Waals surface area contributed by atoms with E-state index in [0.717, 1.165) is 11.1 Å². The third-order valence-corrected chi connectivity index (χ3v) is 6.10. The largest absolute Gasteiger partial charge is 0.454 e. The van der Waals surface area contributed by atoms with Crippen LogP contribution in [0.4, 0.5) is 0 Å². The van der Waals surface area contributed by atoms with Crippen LogP contribution in [0.5, 0.6) is 0 Å². The van der Waals surface area contributed by atoms with Gasteiger partial charge in [-0.2, -0.15) is 0 Å². The Labute approximate surface area is 168 Å². The van der Waals surface area contributed by atoms with E-state index in [1.807, 2.05) is 48.8 Å². The highest BCUT2D eigenvalue weighted by Crippen LogP contribution is 2.31. The van der Waals surface area contributed by atoms with Crippen LogP contribution < -0.4 is 0 Å². The first-order valence-electron chi connectivity index (χ1n) is 9.20. The number of carbonyl (C=O) groups is 2. The summed E-state index contributed by atoms with van der Waals surface area (Å²) in [6.45, 7) is 2.63. The second-order valence-electron chi connectivity index (χ2n) is 7.07. The highest BCUT2D eigenvalue weighted by atomic mass is 32.1. The molecule has 0 fully saturated rings. The minimum absolute atomic E-state index is 0.0502. The minimum atomic E-state index is -0.336. The molecule has 1 aromatic heterocycles. The van der Waals surface area contributed by atoms with Crippen molar-refractivity contribution in [1.29, 1.82) is 0 Å². The zero-order valence-corrected chi connectivity index (χ0v) is 16.7. The molecule has 0 saturated heterocycles. The lowest BCUT2D eigenvalue weighted by molar-refractivity contribution is 0.0252. The van der Waals surface area contributed by atoms with Gasteiger partial charge in [-0.05, 0) is 53.3 Å². The molecule has 0 saturated carbocycles. The molecule has 4 nitrogen and oxygen atoms in total. The van der Waals surface area contributed by atoms with Crippen LogP contribution in [0.1, 0.15) is 48.4 Å². The first-order valence-corrected chi connectivity index (χ1v) is 10.1. The highest BCUT2D eigenvalue weighted by molar-refractivity contribution is 7.10. The van der Waals surface area contributed by atoms with E-state index < -0.39 is 0 Å². The molecule has 1 unspecified atom stereocenters. The van der Waals surface area contributed by atoms with Gasteiger partial charge in [0.15, 0.2) is 0 Å². The van der Waals surface area contributed by atoms with Crippen LogP contribution in [0.25, 0.3) is 0 Å². The molecule has 3 aromatic rings. The molecule has 1 aliphatic rings. The summed E-state index contributed by atoms with van der Waals surface area (Å²) in [7, 11) is 1.81. The number of aryl methyl sites for hydroxylation is 1. The van der Waals surface area contributed by atoms with Crippen molar-refractivity contribution in [1.82, 2.24) is 4.90 Å². The summed E-state index contributed by atoms with van der Waals surface area (Å²) in [5.41, 5.74) is 4.15. The Kier molecular flexibility index (Phi) is 5.01. The number of hydrogen-bond donors (Lipinski definition) is 0. The van der Waals surface area contributed by atoms with E-state index >= 15 is 0 Å². The van der Waals surface area contributed by atoms with Crippen LogP contribution in [0.2, 0.25) is 0 Å². The average molecular weight is 391 g/mol. The number of amides is 1. The molecule has 5 heteroatoms. The number of carbonyl (C=O) groups excluding carboxylic acids is 2. The quantitative estimate of drug-likeness (QED) is 0.601. The molecule has 2 heterocycles. The summed E-state index contributed by atoms with van der Waals surface area (Å²) >= 11 is 1.66. The molecule has 1 atom stereocenters. The fraction of sp³-hybridized carbons (Fsp3) is 0.217. The van der Waals surface area contributed by atoms with Crippen LogP contribution in [0.3, 0.4) is 0 Å². The standard InChI is InChI=1S/C23H21NO3S/c1-15-10-11-28-21(15)14-24(2)22(25)17-8-9-19-18(12-17)13-20(27-23(19)26)16-6-4-3-5-7-16/h3-12,20H,13-14H2,1-2H3. The van der Waals surface area contributed by atoms with Gasteiger partial charge in [-0.15, -0.1) is 11.3 Å². The number of cyclic esters (lactones) is 1. The normalized spacial score (nSPS) is 15.6. The van der Waals surface area contributed by atoms with Crippen molar-refractivity contribution < 1.29 is 14.3 Å². The van der Waals surface area contributed by atoms with Crippen molar-refractivity contribution in [2.75, 3.05) is 7.05 Å². The van der Waals surface area contributed by atoms with Crippen molar-refractivity contribution in [2.24, 2.45) is 0 Å². The van der Waals surface area contributed by atoms with Gasteiger partial charge in [0, 0.05) is 23.9 Å². The maximum Gasteiger partial charge on any atom is 0.339 e. The predicted octanol–water partition coefficient (Wildman–Crippen LogP) is 4.78. The van der Waals surface area contributed by atoms with Gasteiger partial charge >= 0.3 is 5.97 Å². The average Bonchev–Trinajstić information content (AvgIpc) is 3.12. The number of rotatable bonds is 4. The fourth-order valence-electron chi connectivity index (χ4n) is 3.46. The summed E-state index contributed by atoms with van der Waals surface area (Å²) in [5, 5.41) is 2.04. The van der Waals surface area contributed by atoms with Gasteiger partial charge in [0.25, 0.3) is 5.91 Å². The lowest BCUT2D eigenvalue weighted by atomic mass is 9.93. The van der Waals surface area contributed by atoms with Crippen LogP contribution in [0.15, 0.2) is 60.0 Å². The van der Waals surface area contributed by atoms with E-state index in [1.54, 1.807) is 28.4 Å². The molecule has 0 radical (unpaired) electrons. The van der Waals surface area contributed by atoms with Gasteiger partial charge in [-0.3, -0.25) is 4.79 Å². The van der Waals surface area contributed by atoms with Crippen molar-refractivity contribution in [3.63, 3.8) is 0 Å². The lowest BCUT2D eigenvalue weighted by Crippen LogP contribution is -2.27. The number of esters is 1. The van der Waals surface area contributed by atoms with Gasteiger partial charge in [0.1, 0.15) is 6.10 Å². The van der Waals surface area contributed by atoms with E-state index in [2.05, 4.69) is 13.0 Å². The van der Waals surface area contributed by atoms with Gasteiger partial charge in [0.2, 0.25) is 0 Å². The Balaban J connectivity index is 1.57.